The Labute approximate surface area is 136 Å². The molecule has 2 heterocycles. The van der Waals surface area contributed by atoms with Gasteiger partial charge >= 0.3 is 0 Å². The molecule has 0 aliphatic heterocycles. The van der Waals surface area contributed by atoms with Crippen LogP contribution in [-0.2, 0) is 6.54 Å². The van der Waals surface area contributed by atoms with Crippen molar-refractivity contribution >= 4 is 22.5 Å². The van der Waals surface area contributed by atoms with Crippen molar-refractivity contribution < 1.29 is 8.81 Å². The third-order valence-corrected chi connectivity index (χ3v) is 3.93. The Morgan fingerprint density at radius 2 is 1.91 bits per heavy atom. The predicted octanol–water partition coefficient (Wildman–Crippen LogP) is 4.53. The molecule has 0 aliphatic rings. The van der Waals surface area contributed by atoms with E-state index in [9.17, 15) is 4.39 Å². The summed E-state index contributed by atoms with van der Waals surface area (Å²) in [6.07, 6.45) is 1.29. The predicted molar refractivity (Wildman–Crippen MR) is 85.7 cm³/mol. The molecule has 0 atom stereocenters. The number of aromatic nitrogens is 3. The zero-order valence-corrected chi connectivity index (χ0v) is 12.7. The first-order chi connectivity index (χ1) is 11.2. The lowest BCUT2D eigenvalue weighted by molar-refractivity contribution is 0.562. The van der Waals surface area contributed by atoms with Crippen LogP contribution in [0.15, 0.2) is 59.3 Å². The van der Waals surface area contributed by atoms with Crippen LogP contribution in [0.1, 0.15) is 5.56 Å². The molecule has 0 aliphatic carbocycles. The number of nitrogens with zero attached hydrogens (tertiary/aromatic N) is 3. The minimum Gasteiger partial charge on any atom is -0.422 e. The summed E-state index contributed by atoms with van der Waals surface area (Å²) in [4.78, 5) is 0. The van der Waals surface area contributed by atoms with Gasteiger partial charge in [0.2, 0.25) is 6.39 Å². The molecule has 4 rings (SSSR count). The third kappa shape index (κ3) is 2.59. The van der Waals surface area contributed by atoms with E-state index in [1.165, 1.54) is 18.5 Å². The summed E-state index contributed by atoms with van der Waals surface area (Å²) in [6, 6.07) is 14.0. The molecular weight excluding hydrogens is 317 g/mol. The van der Waals surface area contributed by atoms with Gasteiger partial charge in [0, 0.05) is 17.0 Å². The molecule has 0 unspecified atom stereocenters. The lowest BCUT2D eigenvalue weighted by Gasteiger charge is -2.09. The van der Waals surface area contributed by atoms with E-state index in [1.54, 1.807) is 12.1 Å². The molecule has 114 valence electrons. The first-order valence-electron chi connectivity index (χ1n) is 7.00. The second kappa shape index (κ2) is 5.52. The Morgan fingerprint density at radius 3 is 2.65 bits per heavy atom. The zero-order valence-electron chi connectivity index (χ0n) is 11.9. The van der Waals surface area contributed by atoms with Crippen molar-refractivity contribution in [1.29, 1.82) is 0 Å². The van der Waals surface area contributed by atoms with Crippen molar-refractivity contribution in [2.45, 2.75) is 6.54 Å². The lowest BCUT2D eigenvalue weighted by Crippen LogP contribution is -2.02. The number of hydrogen-bond donors (Lipinski definition) is 0. The molecule has 6 heteroatoms. The highest BCUT2D eigenvalue weighted by molar-refractivity contribution is 6.31. The number of rotatable bonds is 3. The van der Waals surface area contributed by atoms with Crippen LogP contribution in [0.4, 0.5) is 4.39 Å². The maximum Gasteiger partial charge on any atom is 0.264 e. The van der Waals surface area contributed by atoms with Gasteiger partial charge in [0.1, 0.15) is 11.5 Å². The minimum atomic E-state index is -0.258. The topological polar surface area (TPSA) is 43.9 Å². The molecule has 2 aromatic heterocycles. The van der Waals surface area contributed by atoms with Crippen molar-refractivity contribution in [3.8, 4) is 11.6 Å². The van der Waals surface area contributed by atoms with Gasteiger partial charge in [-0.2, -0.15) is 0 Å². The van der Waals surface area contributed by atoms with Crippen LogP contribution in [-0.4, -0.2) is 14.8 Å². The van der Waals surface area contributed by atoms with Gasteiger partial charge in [-0.1, -0.05) is 29.8 Å². The van der Waals surface area contributed by atoms with E-state index >= 15 is 0 Å². The number of benzene rings is 2. The van der Waals surface area contributed by atoms with Crippen LogP contribution in [0.2, 0.25) is 5.02 Å². The summed E-state index contributed by atoms with van der Waals surface area (Å²) in [5.74, 6) is 0.172. The molecule has 0 amide bonds. The van der Waals surface area contributed by atoms with E-state index in [-0.39, 0.29) is 5.82 Å². The molecule has 0 N–H and O–H groups in total. The molecule has 0 radical (unpaired) electrons. The average Bonchev–Trinajstić information content (AvgIpc) is 3.18. The fourth-order valence-corrected chi connectivity index (χ4v) is 2.80. The second-order valence-corrected chi connectivity index (χ2v) is 5.63. The van der Waals surface area contributed by atoms with Gasteiger partial charge in [-0.15, -0.1) is 10.2 Å². The van der Waals surface area contributed by atoms with Crippen molar-refractivity contribution in [1.82, 2.24) is 14.8 Å². The Bertz CT molecular complexity index is 962. The lowest BCUT2D eigenvalue weighted by atomic mass is 10.2. The summed E-state index contributed by atoms with van der Waals surface area (Å²) < 4.78 is 20.5. The van der Waals surface area contributed by atoms with Crippen molar-refractivity contribution in [3.05, 3.63) is 71.3 Å². The maximum absolute atomic E-state index is 13.1. The molecule has 0 saturated heterocycles. The van der Waals surface area contributed by atoms with Gasteiger partial charge < -0.3 is 8.98 Å². The van der Waals surface area contributed by atoms with Crippen LogP contribution >= 0.6 is 11.6 Å². The Hall–Kier alpha value is -2.66. The molecule has 0 saturated carbocycles. The standard InChI is InChI=1S/C17H11ClFN3O/c18-13-4-3-12-7-16(17-21-20-10-23-17)22(15(12)8-13)9-11-1-5-14(19)6-2-11/h1-8,10H,9H2. The molecule has 4 nitrogen and oxygen atoms in total. The molecule has 2 aromatic carbocycles. The molecule has 0 spiro atoms. The highest BCUT2D eigenvalue weighted by Gasteiger charge is 2.15. The summed E-state index contributed by atoms with van der Waals surface area (Å²) in [7, 11) is 0. The summed E-state index contributed by atoms with van der Waals surface area (Å²) >= 11 is 6.13. The normalized spacial score (nSPS) is 11.2. The Kier molecular flexibility index (Phi) is 3.35. The van der Waals surface area contributed by atoms with Crippen LogP contribution in [0.25, 0.3) is 22.5 Å². The van der Waals surface area contributed by atoms with Gasteiger partial charge in [0.05, 0.1) is 5.52 Å². The Morgan fingerprint density at radius 1 is 1.09 bits per heavy atom. The van der Waals surface area contributed by atoms with Crippen molar-refractivity contribution in [3.63, 3.8) is 0 Å². The summed E-state index contributed by atoms with van der Waals surface area (Å²) in [5, 5.41) is 9.40. The largest absolute Gasteiger partial charge is 0.422 e. The zero-order chi connectivity index (χ0) is 15.8. The van der Waals surface area contributed by atoms with E-state index < -0.39 is 0 Å². The smallest absolute Gasteiger partial charge is 0.264 e. The van der Waals surface area contributed by atoms with Gasteiger partial charge in [-0.25, -0.2) is 4.39 Å². The van der Waals surface area contributed by atoms with E-state index in [2.05, 4.69) is 10.2 Å². The van der Waals surface area contributed by atoms with E-state index in [4.69, 9.17) is 16.0 Å². The molecular formula is C17H11ClFN3O. The highest BCUT2D eigenvalue weighted by atomic mass is 35.5. The quantitative estimate of drug-likeness (QED) is 0.555. The van der Waals surface area contributed by atoms with Gasteiger partial charge in [-0.05, 0) is 35.9 Å². The van der Waals surface area contributed by atoms with Crippen LogP contribution in [0.3, 0.4) is 0 Å². The van der Waals surface area contributed by atoms with E-state index in [0.717, 1.165) is 22.2 Å². The molecule has 23 heavy (non-hydrogen) atoms. The maximum atomic E-state index is 13.1. The van der Waals surface area contributed by atoms with Crippen LogP contribution in [0, 0.1) is 5.82 Å². The van der Waals surface area contributed by atoms with E-state index in [1.807, 2.05) is 28.8 Å². The first kappa shape index (κ1) is 14.0. The summed E-state index contributed by atoms with van der Waals surface area (Å²) in [5.41, 5.74) is 2.71. The number of fused-ring (bicyclic) bond motifs is 1. The fourth-order valence-electron chi connectivity index (χ4n) is 2.63. The molecule has 0 bridgehead atoms. The number of hydrogen-bond acceptors (Lipinski definition) is 3. The van der Waals surface area contributed by atoms with Crippen LogP contribution < -0.4 is 0 Å². The molecule has 4 aromatic rings. The Balaban J connectivity index is 1.89. The fraction of sp³-hybridized carbons (Fsp3) is 0.0588. The third-order valence-electron chi connectivity index (χ3n) is 3.70. The van der Waals surface area contributed by atoms with Gasteiger partial charge in [-0.3, -0.25) is 0 Å². The van der Waals surface area contributed by atoms with Crippen LogP contribution in [0.5, 0.6) is 0 Å². The highest BCUT2D eigenvalue weighted by Crippen LogP contribution is 2.29. The summed E-state index contributed by atoms with van der Waals surface area (Å²) in [6.45, 7) is 0.543. The van der Waals surface area contributed by atoms with Gasteiger partial charge in [0.15, 0.2) is 0 Å². The monoisotopic (exact) mass is 327 g/mol. The average molecular weight is 328 g/mol. The van der Waals surface area contributed by atoms with Gasteiger partial charge in [0.25, 0.3) is 5.89 Å². The first-order valence-corrected chi connectivity index (χ1v) is 7.38. The van der Waals surface area contributed by atoms with E-state index in [0.29, 0.717) is 17.5 Å². The molecule has 0 fully saturated rings. The van der Waals surface area contributed by atoms with Crippen molar-refractivity contribution in [2.75, 3.05) is 0 Å². The van der Waals surface area contributed by atoms with Crippen molar-refractivity contribution in [2.24, 2.45) is 0 Å². The SMILES string of the molecule is Fc1ccc(Cn2c(-c3nnco3)cc3ccc(Cl)cc32)cc1. The number of halogens is 2. The second-order valence-electron chi connectivity index (χ2n) is 5.19. The minimum absolute atomic E-state index is 0.258.